The Hall–Kier alpha value is -1.32. The minimum absolute atomic E-state index is 0.230. The van der Waals surface area contributed by atoms with E-state index >= 15 is 0 Å². The second kappa shape index (κ2) is 7.31. The third kappa shape index (κ3) is 4.08. The van der Waals surface area contributed by atoms with Crippen LogP contribution >= 0.6 is 0 Å². The van der Waals surface area contributed by atoms with Gasteiger partial charge in [0.2, 0.25) is 0 Å². The monoisotopic (exact) mass is 260 g/mol. The Bertz CT molecular complexity index is 411. The van der Waals surface area contributed by atoms with Crippen molar-refractivity contribution in [2.45, 2.75) is 31.7 Å². The van der Waals surface area contributed by atoms with Crippen LogP contribution < -0.4 is 15.8 Å². The number of nitrogens with two attached hydrogens (primary N) is 1. The van der Waals surface area contributed by atoms with Gasteiger partial charge in [0.15, 0.2) is 0 Å². The smallest absolute Gasteiger partial charge is 0.118 e. The summed E-state index contributed by atoms with van der Waals surface area (Å²) in [6.07, 6.45) is 7.39. The highest BCUT2D eigenvalue weighted by Gasteiger charge is 2.10. The first-order valence-corrected chi connectivity index (χ1v) is 7.09. The van der Waals surface area contributed by atoms with Gasteiger partial charge in [-0.3, -0.25) is 0 Å². The maximum absolute atomic E-state index is 5.86. The zero-order valence-electron chi connectivity index (χ0n) is 11.7. The van der Waals surface area contributed by atoms with E-state index in [0.29, 0.717) is 6.54 Å². The van der Waals surface area contributed by atoms with Crippen LogP contribution in [0.3, 0.4) is 0 Å². The summed E-state index contributed by atoms with van der Waals surface area (Å²) in [5.41, 5.74) is 8.68. The standard InChI is InChI=1S/C16H24N2O/c1-19-15-8-6-14(7-9-15)16(12-17)18-11-10-13-4-2-3-5-13/h4,6-9,16,18H,2-3,5,10-12,17H2,1H3. The summed E-state index contributed by atoms with van der Waals surface area (Å²) in [5, 5.41) is 3.54. The van der Waals surface area contributed by atoms with Gasteiger partial charge in [-0.25, -0.2) is 0 Å². The highest BCUT2D eigenvalue weighted by Crippen LogP contribution is 2.21. The molecule has 1 atom stereocenters. The van der Waals surface area contributed by atoms with Gasteiger partial charge in [-0.15, -0.1) is 0 Å². The zero-order valence-corrected chi connectivity index (χ0v) is 11.7. The lowest BCUT2D eigenvalue weighted by atomic mass is 10.1. The molecule has 2 rings (SSSR count). The van der Waals surface area contributed by atoms with Crippen molar-refractivity contribution >= 4 is 0 Å². The van der Waals surface area contributed by atoms with Crippen molar-refractivity contribution in [3.63, 3.8) is 0 Å². The first kappa shape index (κ1) is 14.1. The van der Waals surface area contributed by atoms with Crippen LogP contribution in [0, 0.1) is 0 Å². The molecule has 0 fully saturated rings. The van der Waals surface area contributed by atoms with E-state index in [1.807, 2.05) is 12.1 Å². The van der Waals surface area contributed by atoms with Crippen LogP contribution in [0.2, 0.25) is 0 Å². The molecular formula is C16H24N2O. The number of ether oxygens (including phenoxy) is 1. The topological polar surface area (TPSA) is 47.3 Å². The molecule has 1 aromatic rings. The van der Waals surface area contributed by atoms with E-state index in [4.69, 9.17) is 10.5 Å². The molecular weight excluding hydrogens is 236 g/mol. The third-order valence-electron chi connectivity index (χ3n) is 3.73. The molecule has 1 aromatic carbocycles. The van der Waals surface area contributed by atoms with Crippen LogP contribution in [-0.2, 0) is 0 Å². The lowest BCUT2D eigenvalue weighted by Crippen LogP contribution is -2.29. The molecule has 0 spiro atoms. The number of hydrogen-bond acceptors (Lipinski definition) is 3. The second-order valence-corrected chi connectivity index (χ2v) is 5.02. The van der Waals surface area contributed by atoms with Crippen molar-refractivity contribution in [3.05, 3.63) is 41.5 Å². The normalized spacial score (nSPS) is 16.2. The third-order valence-corrected chi connectivity index (χ3v) is 3.73. The lowest BCUT2D eigenvalue weighted by molar-refractivity contribution is 0.414. The minimum atomic E-state index is 0.230. The van der Waals surface area contributed by atoms with E-state index in [1.165, 1.54) is 24.8 Å². The molecule has 1 unspecified atom stereocenters. The molecule has 3 heteroatoms. The quantitative estimate of drug-likeness (QED) is 0.741. The molecule has 0 saturated heterocycles. The summed E-state index contributed by atoms with van der Waals surface area (Å²) < 4.78 is 5.17. The average Bonchev–Trinajstić information content (AvgIpc) is 2.97. The molecule has 0 radical (unpaired) electrons. The maximum Gasteiger partial charge on any atom is 0.118 e. The van der Waals surface area contributed by atoms with Crippen molar-refractivity contribution in [3.8, 4) is 5.75 Å². The van der Waals surface area contributed by atoms with Gasteiger partial charge in [-0.05, 0) is 49.9 Å². The van der Waals surface area contributed by atoms with Gasteiger partial charge in [0, 0.05) is 12.6 Å². The fourth-order valence-electron chi connectivity index (χ4n) is 2.54. The molecule has 3 N–H and O–H groups in total. The summed E-state index contributed by atoms with van der Waals surface area (Å²) >= 11 is 0. The molecule has 1 aliphatic carbocycles. The number of allylic oxidation sites excluding steroid dienone is 1. The molecule has 3 nitrogen and oxygen atoms in total. The van der Waals surface area contributed by atoms with Crippen LogP contribution in [0.4, 0.5) is 0 Å². The summed E-state index contributed by atoms with van der Waals surface area (Å²) in [5.74, 6) is 0.885. The van der Waals surface area contributed by atoms with Gasteiger partial charge < -0.3 is 15.8 Å². The Balaban J connectivity index is 1.84. The van der Waals surface area contributed by atoms with Crippen LogP contribution in [-0.4, -0.2) is 20.2 Å². The fourth-order valence-corrected chi connectivity index (χ4v) is 2.54. The summed E-state index contributed by atoms with van der Waals surface area (Å²) in [4.78, 5) is 0. The van der Waals surface area contributed by atoms with E-state index in [2.05, 4.69) is 23.5 Å². The molecule has 0 heterocycles. The van der Waals surface area contributed by atoms with E-state index in [9.17, 15) is 0 Å². The van der Waals surface area contributed by atoms with Crippen LogP contribution in [0.15, 0.2) is 35.9 Å². The second-order valence-electron chi connectivity index (χ2n) is 5.02. The fraction of sp³-hybridized carbons (Fsp3) is 0.500. The SMILES string of the molecule is COc1ccc(C(CN)NCCC2=CCCC2)cc1. The molecule has 0 bridgehead atoms. The Kier molecular flexibility index (Phi) is 5.43. The summed E-state index contributed by atoms with van der Waals surface area (Å²) in [6, 6.07) is 8.36. The molecule has 0 aromatic heterocycles. The number of hydrogen-bond donors (Lipinski definition) is 2. The van der Waals surface area contributed by atoms with E-state index < -0.39 is 0 Å². The van der Waals surface area contributed by atoms with Crippen molar-refractivity contribution < 1.29 is 4.74 Å². The highest BCUT2D eigenvalue weighted by molar-refractivity contribution is 5.29. The molecule has 104 valence electrons. The Morgan fingerprint density at radius 3 is 2.68 bits per heavy atom. The van der Waals surface area contributed by atoms with E-state index in [0.717, 1.165) is 18.7 Å². The van der Waals surface area contributed by atoms with Crippen molar-refractivity contribution in [1.82, 2.24) is 5.32 Å². The first-order chi connectivity index (χ1) is 9.33. The number of benzene rings is 1. The van der Waals surface area contributed by atoms with Crippen LogP contribution in [0.1, 0.15) is 37.3 Å². The van der Waals surface area contributed by atoms with Crippen molar-refractivity contribution in [2.75, 3.05) is 20.2 Å². The van der Waals surface area contributed by atoms with E-state index in [-0.39, 0.29) is 6.04 Å². The van der Waals surface area contributed by atoms with Crippen LogP contribution in [0.25, 0.3) is 0 Å². The summed E-state index contributed by atoms with van der Waals surface area (Å²) in [6.45, 7) is 1.62. The molecule has 0 saturated carbocycles. The highest BCUT2D eigenvalue weighted by atomic mass is 16.5. The van der Waals surface area contributed by atoms with Gasteiger partial charge in [-0.1, -0.05) is 23.8 Å². The van der Waals surface area contributed by atoms with Crippen LogP contribution in [0.5, 0.6) is 5.75 Å². The van der Waals surface area contributed by atoms with Gasteiger partial charge in [0.05, 0.1) is 7.11 Å². The Morgan fingerprint density at radius 2 is 2.11 bits per heavy atom. The molecule has 19 heavy (non-hydrogen) atoms. The predicted octanol–water partition coefficient (Wildman–Crippen LogP) is 2.79. The first-order valence-electron chi connectivity index (χ1n) is 7.09. The van der Waals surface area contributed by atoms with Crippen molar-refractivity contribution in [1.29, 1.82) is 0 Å². The van der Waals surface area contributed by atoms with E-state index in [1.54, 1.807) is 12.7 Å². The molecule has 0 amide bonds. The van der Waals surface area contributed by atoms with Gasteiger partial charge in [0.25, 0.3) is 0 Å². The number of methoxy groups -OCH3 is 1. The number of rotatable bonds is 7. The predicted molar refractivity (Wildman–Crippen MR) is 79.3 cm³/mol. The number of nitrogens with one attached hydrogen (secondary N) is 1. The Morgan fingerprint density at radius 1 is 1.32 bits per heavy atom. The van der Waals surface area contributed by atoms with Crippen molar-refractivity contribution in [2.24, 2.45) is 5.73 Å². The van der Waals surface area contributed by atoms with Gasteiger partial charge >= 0.3 is 0 Å². The Labute approximate surface area is 115 Å². The molecule has 1 aliphatic rings. The van der Waals surface area contributed by atoms with Gasteiger partial charge in [-0.2, -0.15) is 0 Å². The zero-order chi connectivity index (χ0) is 13.5. The minimum Gasteiger partial charge on any atom is -0.497 e. The lowest BCUT2D eigenvalue weighted by Gasteiger charge is -2.18. The maximum atomic E-state index is 5.86. The van der Waals surface area contributed by atoms with Gasteiger partial charge in [0.1, 0.15) is 5.75 Å². The largest absolute Gasteiger partial charge is 0.497 e. The summed E-state index contributed by atoms with van der Waals surface area (Å²) in [7, 11) is 1.68. The molecule has 0 aliphatic heterocycles. The average molecular weight is 260 g/mol.